The van der Waals surface area contributed by atoms with Gasteiger partial charge < -0.3 is 9.80 Å². The van der Waals surface area contributed by atoms with Gasteiger partial charge in [-0.15, -0.1) is 0 Å². The van der Waals surface area contributed by atoms with Crippen LogP contribution in [0.4, 0.5) is 5.69 Å². The number of hydrogen-bond acceptors (Lipinski definition) is 5. The quantitative estimate of drug-likeness (QED) is 0.677. The third-order valence-corrected chi connectivity index (χ3v) is 5.13. The van der Waals surface area contributed by atoms with Crippen LogP contribution in [0.15, 0.2) is 64.1 Å². The van der Waals surface area contributed by atoms with E-state index in [1.54, 1.807) is 24.5 Å². The fraction of sp³-hybridized carbons (Fsp3) is 0.200. The number of nitrogens with one attached hydrogen (secondary N) is 1. The molecule has 0 atom stereocenters. The molecule has 0 aliphatic carbocycles. The van der Waals surface area contributed by atoms with E-state index in [1.807, 2.05) is 35.2 Å². The molecule has 0 saturated carbocycles. The second-order valence-corrected chi connectivity index (χ2v) is 7.42. The minimum Gasteiger partial charge on any atom is -0.366 e. The highest BCUT2D eigenvalue weighted by Crippen LogP contribution is 2.28. The van der Waals surface area contributed by atoms with Gasteiger partial charge in [-0.05, 0) is 22.0 Å². The van der Waals surface area contributed by atoms with Crippen LogP contribution in [0.5, 0.6) is 0 Å². The maximum absolute atomic E-state index is 12.7. The Bertz CT molecular complexity index is 1050. The topological polar surface area (TPSA) is 82.2 Å². The van der Waals surface area contributed by atoms with Crippen LogP contribution < -0.4 is 10.5 Å². The summed E-state index contributed by atoms with van der Waals surface area (Å²) in [6.45, 7) is 2.37. The molecule has 28 heavy (non-hydrogen) atoms. The van der Waals surface area contributed by atoms with Crippen molar-refractivity contribution in [2.45, 2.75) is 0 Å². The number of rotatable bonds is 3. The van der Waals surface area contributed by atoms with Crippen LogP contribution in [-0.2, 0) is 0 Å². The van der Waals surface area contributed by atoms with E-state index in [0.717, 1.165) is 21.4 Å². The van der Waals surface area contributed by atoms with Gasteiger partial charge in [0, 0.05) is 54.7 Å². The van der Waals surface area contributed by atoms with Gasteiger partial charge in [0.05, 0.1) is 11.3 Å². The molecule has 142 valence electrons. The number of benzene rings is 1. The second kappa shape index (κ2) is 7.93. The molecule has 1 aliphatic heterocycles. The number of aromatic nitrogens is 3. The van der Waals surface area contributed by atoms with E-state index in [2.05, 4.69) is 36.0 Å². The monoisotopic (exact) mass is 439 g/mol. The van der Waals surface area contributed by atoms with Gasteiger partial charge >= 0.3 is 0 Å². The van der Waals surface area contributed by atoms with Crippen molar-refractivity contribution in [2.75, 3.05) is 31.1 Å². The molecule has 1 amide bonds. The fourth-order valence-electron chi connectivity index (χ4n) is 3.30. The van der Waals surface area contributed by atoms with Gasteiger partial charge in [-0.25, -0.2) is 5.10 Å². The summed E-state index contributed by atoms with van der Waals surface area (Å²) in [5.74, 6) is -0.0410. The molecule has 1 N–H and O–H groups in total. The Hall–Kier alpha value is -3.00. The highest BCUT2D eigenvalue weighted by molar-refractivity contribution is 9.10. The van der Waals surface area contributed by atoms with Crippen molar-refractivity contribution in [1.29, 1.82) is 0 Å². The van der Waals surface area contributed by atoms with Gasteiger partial charge in [0.15, 0.2) is 0 Å². The van der Waals surface area contributed by atoms with E-state index in [9.17, 15) is 9.59 Å². The number of nitrogens with zero attached hydrogens (tertiary/aromatic N) is 4. The van der Waals surface area contributed by atoms with Crippen molar-refractivity contribution < 1.29 is 4.79 Å². The molecule has 4 rings (SSSR count). The number of halogens is 1. The summed E-state index contributed by atoms with van der Waals surface area (Å²) in [5, 5.41) is 6.79. The first-order valence-electron chi connectivity index (χ1n) is 8.92. The first kappa shape index (κ1) is 18.4. The lowest BCUT2D eigenvalue weighted by Crippen LogP contribution is -2.49. The van der Waals surface area contributed by atoms with E-state index >= 15 is 0 Å². The predicted octanol–water partition coefficient (Wildman–Crippen LogP) is 2.56. The number of hydrogen-bond donors (Lipinski definition) is 1. The van der Waals surface area contributed by atoms with E-state index in [4.69, 9.17) is 0 Å². The number of aromatic amines is 1. The first-order chi connectivity index (χ1) is 13.6. The summed E-state index contributed by atoms with van der Waals surface area (Å²) in [4.78, 5) is 32.6. The van der Waals surface area contributed by atoms with Gasteiger partial charge in [0.25, 0.3) is 11.5 Å². The van der Waals surface area contributed by atoms with E-state index in [-0.39, 0.29) is 11.5 Å². The average molecular weight is 440 g/mol. The number of anilines is 1. The Morgan fingerprint density at radius 3 is 2.50 bits per heavy atom. The molecule has 1 saturated heterocycles. The molecular weight excluding hydrogens is 422 g/mol. The lowest BCUT2D eigenvalue weighted by atomic mass is 10.1. The van der Waals surface area contributed by atoms with Crippen molar-refractivity contribution in [3.8, 4) is 11.3 Å². The summed E-state index contributed by atoms with van der Waals surface area (Å²) in [5.41, 5.74) is 2.77. The van der Waals surface area contributed by atoms with Gasteiger partial charge in [-0.2, -0.15) is 5.10 Å². The Balaban J connectivity index is 1.54. The summed E-state index contributed by atoms with van der Waals surface area (Å²) in [7, 11) is 0. The molecular formula is C20H18BrN5O2. The lowest BCUT2D eigenvalue weighted by Gasteiger charge is -2.36. The van der Waals surface area contributed by atoms with Crippen molar-refractivity contribution in [1.82, 2.24) is 20.1 Å². The Morgan fingerprint density at radius 1 is 1.04 bits per heavy atom. The third-order valence-electron chi connectivity index (χ3n) is 4.69. The SMILES string of the molecule is O=C(c1cncc(Br)c1)N1CCN(c2cc(=O)[nH]nc2-c2ccccc2)CC1. The van der Waals surface area contributed by atoms with Crippen LogP contribution in [0.1, 0.15) is 10.4 Å². The van der Waals surface area contributed by atoms with Crippen molar-refractivity contribution in [3.05, 3.63) is 75.2 Å². The highest BCUT2D eigenvalue weighted by atomic mass is 79.9. The van der Waals surface area contributed by atoms with E-state index in [0.29, 0.717) is 31.7 Å². The molecule has 2 aromatic heterocycles. The van der Waals surface area contributed by atoms with Gasteiger partial charge in [-0.3, -0.25) is 14.6 Å². The first-order valence-corrected chi connectivity index (χ1v) is 9.71. The molecule has 0 radical (unpaired) electrons. The largest absolute Gasteiger partial charge is 0.366 e. The summed E-state index contributed by atoms with van der Waals surface area (Å²) >= 11 is 3.35. The molecule has 1 fully saturated rings. The Kier molecular flexibility index (Phi) is 5.21. The van der Waals surface area contributed by atoms with Crippen molar-refractivity contribution in [2.24, 2.45) is 0 Å². The smallest absolute Gasteiger partial charge is 0.266 e. The lowest BCUT2D eigenvalue weighted by molar-refractivity contribution is 0.0746. The van der Waals surface area contributed by atoms with Crippen LogP contribution in [0.3, 0.4) is 0 Å². The maximum Gasteiger partial charge on any atom is 0.266 e. The normalized spacial score (nSPS) is 14.2. The standard InChI is InChI=1S/C20H18BrN5O2/c21-16-10-15(12-22-13-16)20(28)26-8-6-25(7-9-26)17-11-18(27)23-24-19(17)14-4-2-1-3-5-14/h1-5,10-13H,6-9H2,(H,23,27). The van der Waals surface area contributed by atoms with Gasteiger partial charge in [0.2, 0.25) is 0 Å². The number of piperazine rings is 1. The molecule has 1 aromatic carbocycles. The van der Waals surface area contributed by atoms with Crippen LogP contribution >= 0.6 is 15.9 Å². The Labute approximate surface area is 170 Å². The molecule has 3 heterocycles. The summed E-state index contributed by atoms with van der Waals surface area (Å²) < 4.78 is 0.777. The van der Waals surface area contributed by atoms with E-state index < -0.39 is 0 Å². The summed E-state index contributed by atoms with van der Waals surface area (Å²) in [6, 6.07) is 13.1. The minimum atomic E-state index is -0.242. The fourth-order valence-corrected chi connectivity index (χ4v) is 3.67. The Morgan fingerprint density at radius 2 is 1.79 bits per heavy atom. The molecule has 7 nitrogen and oxygen atoms in total. The number of amides is 1. The van der Waals surface area contributed by atoms with Crippen molar-refractivity contribution in [3.63, 3.8) is 0 Å². The van der Waals surface area contributed by atoms with Crippen LogP contribution in [0.2, 0.25) is 0 Å². The molecule has 0 bridgehead atoms. The number of carbonyl (C=O) groups excluding carboxylic acids is 1. The molecule has 3 aromatic rings. The van der Waals surface area contributed by atoms with Gasteiger partial charge in [0.1, 0.15) is 5.69 Å². The molecule has 0 spiro atoms. The van der Waals surface area contributed by atoms with Crippen LogP contribution in [0, 0.1) is 0 Å². The maximum atomic E-state index is 12.7. The zero-order valence-corrected chi connectivity index (χ0v) is 16.6. The highest BCUT2D eigenvalue weighted by Gasteiger charge is 2.24. The van der Waals surface area contributed by atoms with Crippen LogP contribution in [0.25, 0.3) is 11.3 Å². The van der Waals surface area contributed by atoms with Gasteiger partial charge in [-0.1, -0.05) is 30.3 Å². The predicted molar refractivity (Wildman–Crippen MR) is 110 cm³/mol. The molecule has 1 aliphatic rings. The number of H-pyrrole nitrogens is 1. The zero-order valence-electron chi connectivity index (χ0n) is 15.0. The number of carbonyl (C=O) groups is 1. The number of pyridine rings is 1. The second-order valence-electron chi connectivity index (χ2n) is 6.50. The summed E-state index contributed by atoms with van der Waals surface area (Å²) in [6.07, 6.45) is 3.23. The molecule has 0 unspecified atom stereocenters. The third kappa shape index (κ3) is 3.82. The average Bonchev–Trinajstić information content (AvgIpc) is 2.74. The molecule has 8 heteroatoms. The van der Waals surface area contributed by atoms with Crippen LogP contribution in [-0.4, -0.2) is 52.2 Å². The van der Waals surface area contributed by atoms with Crippen molar-refractivity contribution >= 4 is 27.5 Å². The minimum absolute atomic E-state index is 0.0410. The van der Waals surface area contributed by atoms with E-state index in [1.165, 1.54) is 0 Å². The zero-order chi connectivity index (χ0) is 19.5.